The van der Waals surface area contributed by atoms with Gasteiger partial charge < -0.3 is 9.47 Å². The van der Waals surface area contributed by atoms with Crippen LogP contribution in [0.25, 0.3) is 17.3 Å². The fraction of sp³-hybridized carbons (Fsp3) is 0.111. The zero-order valence-electron chi connectivity index (χ0n) is 18.7. The van der Waals surface area contributed by atoms with Crippen LogP contribution in [0.5, 0.6) is 11.5 Å². The van der Waals surface area contributed by atoms with E-state index in [4.69, 9.17) is 21.1 Å². The molecule has 0 unspecified atom stereocenters. The summed E-state index contributed by atoms with van der Waals surface area (Å²) >= 11 is 7.40. The van der Waals surface area contributed by atoms with Crippen molar-refractivity contribution in [2.45, 2.75) is 13.5 Å². The van der Waals surface area contributed by atoms with E-state index in [-0.39, 0.29) is 5.91 Å². The van der Waals surface area contributed by atoms with Crippen molar-refractivity contribution in [2.24, 2.45) is 0 Å². The fourth-order valence-corrected chi connectivity index (χ4v) is 4.25. The van der Waals surface area contributed by atoms with E-state index in [1.54, 1.807) is 13.2 Å². The molecule has 4 aromatic rings. The highest BCUT2D eigenvalue weighted by molar-refractivity contribution is 7.16. The van der Waals surface area contributed by atoms with Gasteiger partial charge in [-0.25, -0.2) is 4.98 Å². The van der Waals surface area contributed by atoms with Crippen LogP contribution in [-0.2, 0) is 11.4 Å². The number of amides is 1. The third kappa shape index (κ3) is 6.04. The number of methoxy groups -OCH3 is 1. The molecular weight excluding hydrogens is 468 g/mol. The Morgan fingerprint density at radius 1 is 1.06 bits per heavy atom. The summed E-state index contributed by atoms with van der Waals surface area (Å²) in [6, 6.07) is 22.9. The summed E-state index contributed by atoms with van der Waals surface area (Å²) < 4.78 is 11.4. The number of aryl methyl sites for hydroxylation is 1. The van der Waals surface area contributed by atoms with Gasteiger partial charge in [0, 0.05) is 21.5 Å². The lowest BCUT2D eigenvalue weighted by molar-refractivity contribution is -0.111. The molecule has 0 aliphatic carbocycles. The van der Waals surface area contributed by atoms with Crippen LogP contribution >= 0.6 is 22.9 Å². The molecular formula is C27H23ClN2O3S. The van der Waals surface area contributed by atoms with Gasteiger partial charge in [-0.3, -0.25) is 10.1 Å². The molecule has 5 nitrogen and oxygen atoms in total. The van der Waals surface area contributed by atoms with E-state index in [0.717, 1.165) is 27.3 Å². The molecule has 0 saturated carbocycles. The molecule has 34 heavy (non-hydrogen) atoms. The summed E-state index contributed by atoms with van der Waals surface area (Å²) in [5, 5.41) is 4.04. The van der Waals surface area contributed by atoms with Gasteiger partial charge in [0.2, 0.25) is 5.91 Å². The van der Waals surface area contributed by atoms with Crippen molar-refractivity contribution < 1.29 is 14.3 Å². The number of hydrogen-bond donors (Lipinski definition) is 1. The van der Waals surface area contributed by atoms with Crippen molar-refractivity contribution >= 4 is 40.1 Å². The van der Waals surface area contributed by atoms with E-state index < -0.39 is 0 Å². The van der Waals surface area contributed by atoms with Crippen molar-refractivity contribution in [3.05, 3.63) is 99.9 Å². The largest absolute Gasteiger partial charge is 0.493 e. The number of aromatic nitrogens is 1. The van der Waals surface area contributed by atoms with Crippen LogP contribution in [0.15, 0.2) is 78.9 Å². The van der Waals surface area contributed by atoms with Crippen LogP contribution in [0.2, 0.25) is 5.02 Å². The molecule has 0 fully saturated rings. The predicted molar refractivity (Wildman–Crippen MR) is 139 cm³/mol. The first-order valence-corrected chi connectivity index (χ1v) is 11.8. The molecule has 1 heterocycles. The monoisotopic (exact) mass is 490 g/mol. The number of thiazole rings is 1. The molecule has 172 valence electrons. The SMILES string of the molecule is COc1cc(C=CC(=O)Nc2nc(-c3ccc(Cl)cc3)c(C)s2)ccc1OCc1ccccc1. The summed E-state index contributed by atoms with van der Waals surface area (Å²) in [5.41, 5.74) is 3.67. The first kappa shape index (κ1) is 23.5. The first-order chi connectivity index (χ1) is 16.5. The van der Waals surface area contributed by atoms with Gasteiger partial charge in [0.25, 0.3) is 0 Å². The minimum Gasteiger partial charge on any atom is -0.493 e. The zero-order chi connectivity index (χ0) is 23.9. The molecule has 0 saturated heterocycles. The Kier molecular flexibility index (Phi) is 7.62. The van der Waals surface area contributed by atoms with Crippen LogP contribution in [0.3, 0.4) is 0 Å². The van der Waals surface area contributed by atoms with Crippen molar-refractivity contribution in [3.63, 3.8) is 0 Å². The van der Waals surface area contributed by atoms with Crippen molar-refractivity contribution in [1.29, 1.82) is 0 Å². The lowest BCUT2D eigenvalue weighted by Gasteiger charge is -2.11. The second-order valence-electron chi connectivity index (χ2n) is 7.44. The number of nitrogens with one attached hydrogen (secondary N) is 1. The normalized spacial score (nSPS) is 10.9. The summed E-state index contributed by atoms with van der Waals surface area (Å²) in [5.74, 6) is 0.974. The average Bonchev–Trinajstić information content (AvgIpc) is 3.22. The fourth-order valence-electron chi connectivity index (χ4n) is 3.29. The smallest absolute Gasteiger partial charge is 0.250 e. The second-order valence-corrected chi connectivity index (χ2v) is 9.08. The maximum absolute atomic E-state index is 12.5. The highest BCUT2D eigenvalue weighted by atomic mass is 35.5. The lowest BCUT2D eigenvalue weighted by Crippen LogP contribution is -2.07. The maximum atomic E-state index is 12.5. The summed E-state index contributed by atoms with van der Waals surface area (Å²) in [7, 11) is 1.59. The Morgan fingerprint density at radius 2 is 1.82 bits per heavy atom. The summed E-state index contributed by atoms with van der Waals surface area (Å²) in [6.07, 6.45) is 3.19. The van der Waals surface area contributed by atoms with Crippen LogP contribution in [-0.4, -0.2) is 18.0 Å². The Labute approximate surface area is 207 Å². The second kappa shape index (κ2) is 11.0. The molecule has 4 rings (SSSR count). The van der Waals surface area contributed by atoms with Crippen LogP contribution < -0.4 is 14.8 Å². The van der Waals surface area contributed by atoms with E-state index >= 15 is 0 Å². The standard InChI is InChI=1S/C27H23ClN2O3S/c1-18-26(21-10-12-22(28)13-11-21)30-27(34-18)29-25(31)15-9-19-8-14-23(24(16-19)32-2)33-17-20-6-4-3-5-7-20/h3-16H,17H2,1-2H3,(H,29,30,31). The van der Waals surface area contributed by atoms with Crippen LogP contribution in [0.1, 0.15) is 16.0 Å². The molecule has 0 radical (unpaired) electrons. The lowest BCUT2D eigenvalue weighted by atomic mass is 10.1. The molecule has 1 aromatic heterocycles. The van der Waals surface area contributed by atoms with E-state index in [1.807, 2.05) is 79.7 Å². The zero-order valence-corrected chi connectivity index (χ0v) is 20.3. The predicted octanol–water partition coefficient (Wildman–Crippen LogP) is 7.01. The number of rotatable bonds is 8. The van der Waals surface area contributed by atoms with Gasteiger partial charge in [-0.15, -0.1) is 11.3 Å². The van der Waals surface area contributed by atoms with Gasteiger partial charge >= 0.3 is 0 Å². The topological polar surface area (TPSA) is 60.5 Å². The molecule has 0 aliphatic rings. The molecule has 1 N–H and O–H groups in total. The third-order valence-electron chi connectivity index (χ3n) is 5.00. The highest BCUT2D eigenvalue weighted by Gasteiger charge is 2.11. The van der Waals surface area contributed by atoms with E-state index in [9.17, 15) is 4.79 Å². The number of anilines is 1. The number of carbonyl (C=O) groups excluding carboxylic acids is 1. The minimum absolute atomic E-state index is 0.264. The van der Waals surface area contributed by atoms with Gasteiger partial charge in [-0.05, 0) is 48.4 Å². The Bertz CT molecular complexity index is 1300. The molecule has 0 spiro atoms. The molecule has 0 aliphatic heterocycles. The average molecular weight is 491 g/mol. The number of hydrogen-bond acceptors (Lipinski definition) is 5. The van der Waals surface area contributed by atoms with Crippen molar-refractivity contribution in [3.8, 4) is 22.8 Å². The van der Waals surface area contributed by atoms with Crippen LogP contribution in [0.4, 0.5) is 5.13 Å². The number of ether oxygens (including phenoxy) is 2. The molecule has 0 atom stereocenters. The van der Waals surface area contributed by atoms with Crippen LogP contribution in [0, 0.1) is 6.92 Å². The van der Waals surface area contributed by atoms with E-state index in [0.29, 0.717) is 28.3 Å². The van der Waals surface area contributed by atoms with E-state index in [2.05, 4.69) is 10.3 Å². The molecule has 3 aromatic carbocycles. The Morgan fingerprint density at radius 3 is 2.56 bits per heavy atom. The van der Waals surface area contributed by atoms with Gasteiger partial charge in [-0.1, -0.05) is 60.1 Å². The van der Waals surface area contributed by atoms with Crippen molar-refractivity contribution in [1.82, 2.24) is 4.98 Å². The number of halogens is 1. The molecule has 1 amide bonds. The highest BCUT2D eigenvalue weighted by Crippen LogP contribution is 2.31. The van der Waals surface area contributed by atoms with Gasteiger partial charge in [0.05, 0.1) is 12.8 Å². The summed E-state index contributed by atoms with van der Waals surface area (Å²) in [6.45, 7) is 2.42. The Balaban J connectivity index is 1.40. The maximum Gasteiger partial charge on any atom is 0.250 e. The van der Waals surface area contributed by atoms with Gasteiger partial charge in [0.1, 0.15) is 6.61 Å². The quantitative estimate of drug-likeness (QED) is 0.270. The number of benzene rings is 3. The number of nitrogens with zero attached hydrogens (tertiary/aromatic N) is 1. The Hall–Kier alpha value is -3.61. The van der Waals surface area contributed by atoms with Crippen molar-refractivity contribution in [2.75, 3.05) is 12.4 Å². The van der Waals surface area contributed by atoms with Gasteiger partial charge in [-0.2, -0.15) is 0 Å². The first-order valence-electron chi connectivity index (χ1n) is 10.6. The minimum atomic E-state index is -0.264. The summed E-state index contributed by atoms with van der Waals surface area (Å²) in [4.78, 5) is 18.0. The molecule has 0 bridgehead atoms. The van der Waals surface area contributed by atoms with Gasteiger partial charge in [0.15, 0.2) is 16.6 Å². The third-order valence-corrected chi connectivity index (χ3v) is 6.13. The molecule has 7 heteroatoms. The number of carbonyl (C=O) groups is 1. The van der Waals surface area contributed by atoms with E-state index in [1.165, 1.54) is 17.4 Å².